The number of hydrogen-bond acceptors (Lipinski definition) is 2. The van der Waals surface area contributed by atoms with E-state index in [9.17, 15) is 0 Å². The second kappa shape index (κ2) is 3.67. The highest BCUT2D eigenvalue weighted by molar-refractivity contribution is 7.71. The lowest BCUT2D eigenvalue weighted by Crippen LogP contribution is -2.02. The van der Waals surface area contributed by atoms with Gasteiger partial charge in [0, 0.05) is 0 Å². The minimum Gasteiger partial charge on any atom is -0.415 e. The summed E-state index contributed by atoms with van der Waals surface area (Å²) in [6.45, 7) is 0. The second-order valence-corrected chi connectivity index (χ2v) is 3.23. The van der Waals surface area contributed by atoms with E-state index >= 15 is 0 Å². The number of nitrogens with one attached hydrogen (secondary N) is 1. The fourth-order valence-corrected chi connectivity index (χ4v) is 1.52. The normalized spacial score (nSPS) is 10.1. The summed E-state index contributed by atoms with van der Waals surface area (Å²) < 4.78 is 2.09. The van der Waals surface area contributed by atoms with Crippen molar-refractivity contribution in [1.29, 1.82) is 0 Å². The molecule has 14 heavy (non-hydrogen) atoms. The van der Waals surface area contributed by atoms with Crippen LogP contribution in [0, 0.1) is 4.77 Å². The van der Waals surface area contributed by atoms with Crippen molar-refractivity contribution < 1.29 is 4.84 Å². The van der Waals surface area contributed by atoms with E-state index in [1.54, 1.807) is 7.11 Å². The Morgan fingerprint density at radius 2 is 2.00 bits per heavy atom. The van der Waals surface area contributed by atoms with Crippen LogP contribution in [0.15, 0.2) is 36.5 Å². The summed E-state index contributed by atoms with van der Waals surface area (Å²) >= 11 is 5.05. The van der Waals surface area contributed by atoms with Crippen LogP contribution in [0.3, 0.4) is 0 Å². The lowest BCUT2D eigenvalue weighted by molar-refractivity contribution is 0.163. The number of hydrogen-bond donors (Lipinski definition) is 1. The lowest BCUT2D eigenvalue weighted by Gasteiger charge is -1.96. The van der Waals surface area contributed by atoms with Gasteiger partial charge in [-0.15, -0.1) is 0 Å². The maximum Gasteiger partial charge on any atom is 0.212 e. The van der Waals surface area contributed by atoms with Crippen LogP contribution in [0.25, 0.3) is 11.3 Å². The monoisotopic (exact) mass is 206 g/mol. The molecule has 72 valence electrons. The molecule has 0 radical (unpaired) electrons. The highest BCUT2D eigenvalue weighted by Gasteiger charge is 2.01. The number of imidazole rings is 1. The third-order valence-electron chi connectivity index (χ3n) is 1.97. The van der Waals surface area contributed by atoms with E-state index in [1.807, 2.05) is 36.5 Å². The van der Waals surface area contributed by atoms with Gasteiger partial charge in [0.05, 0.1) is 11.9 Å². The molecule has 2 rings (SSSR count). The average Bonchev–Trinajstić information content (AvgIpc) is 2.61. The van der Waals surface area contributed by atoms with Crippen molar-refractivity contribution in [2.75, 3.05) is 7.11 Å². The van der Waals surface area contributed by atoms with E-state index < -0.39 is 0 Å². The van der Waals surface area contributed by atoms with E-state index in [-0.39, 0.29) is 0 Å². The van der Waals surface area contributed by atoms with Crippen LogP contribution in [0.5, 0.6) is 0 Å². The molecule has 1 heterocycles. The standard InChI is InChI=1S/C10H10N2OS/c1-13-12-7-9(11-10(12)14)8-5-3-2-4-6-8/h2-7H,1H3,(H,11,14). The van der Waals surface area contributed by atoms with Gasteiger partial charge in [0.25, 0.3) is 0 Å². The Morgan fingerprint density at radius 3 is 2.57 bits per heavy atom. The third-order valence-corrected chi connectivity index (χ3v) is 2.25. The SMILES string of the molecule is COn1cc(-c2ccccc2)[nH]c1=S. The fourth-order valence-electron chi connectivity index (χ4n) is 1.28. The Kier molecular flexibility index (Phi) is 2.37. The second-order valence-electron chi connectivity index (χ2n) is 2.85. The first kappa shape index (κ1) is 9.02. The summed E-state index contributed by atoms with van der Waals surface area (Å²) in [5, 5.41) is 0. The molecule has 1 aromatic carbocycles. The Morgan fingerprint density at radius 1 is 1.29 bits per heavy atom. The Bertz CT molecular complexity index is 472. The molecule has 1 N–H and O–H groups in total. The van der Waals surface area contributed by atoms with E-state index in [1.165, 1.54) is 4.73 Å². The molecule has 0 aliphatic heterocycles. The number of aromatic nitrogens is 2. The Hall–Kier alpha value is -1.55. The topological polar surface area (TPSA) is 29.9 Å². The van der Waals surface area contributed by atoms with Gasteiger partial charge in [-0.2, -0.15) is 4.73 Å². The maximum atomic E-state index is 5.05. The summed E-state index contributed by atoms with van der Waals surface area (Å²) in [5.41, 5.74) is 2.05. The molecule has 0 spiro atoms. The summed E-state index contributed by atoms with van der Waals surface area (Å²) in [5.74, 6) is 0. The van der Waals surface area contributed by atoms with Gasteiger partial charge in [0.2, 0.25) is 4.77 Å². The number of aromatic amines is 1. The van der Waals surface area contributed by atoms with E-state index in [4.69, 9.17) is 17.1 Å². The maximum absolute atomic E-state index is 5.05. The molecule has 4 heteroatoms. The van der Waals surface area contributed by atoms with Crippen LogP contribution >= 0.6 is 12.2 Å². The van der Waals surface area contributed by atoms with E-state index in [0.29, 0.717) is 4.77 Å². The van der Waals surface area contributed by atoms with Crippen molar-refractivity contribution in [3.8, 4) is 11.3 Å². The van der Waals surface area contributed by atoms with Gasteiger partial charge in [0.15, 0.2) is 0 Å². The van der Waals surface area contributed by atoms with Crippen LogP contribution in [0.4, 0.5) is 0 Å². The van der Waals surface area contributed by atoms with Crippen LogP contribution in [0.2, 0.25) is 0 Å². The number of rotatable bonds is 2. The van der Waals surface area contributed by atoms with E-state index in [2.05, 4.69) is 4.98 Å². The first-order valence-electron chi connectivity index (χ1n) is 4.23. The van der Waals surface area contributed by atoms with E-state index in [0.717, 1.165) is 11.3 Å². The fraction of sp³-hybridized carbons (Fsp3) is 0.100. The minimum atomic E-state index is 0.561. The minimum absolute atomic E-state index is 0.561. The van der Waals surface area contributed by atoms with Gasteiger partial charge >= 0.3 is 0 Å². The molecular formula is C10H10N2OS. The third kappa shape index (κ3) is 1.56. The molecule has 0 unspecified atom stereocenters. The number of nitrogens with zero attached hydrogens (tertiary/aromatic N) is 1. The van der Waals surface area contributed by atoms with Crippen LogP contribution in [0.1, 0.15) is 0 Å². The molecule has 0 atom stereocenters. The van der Waals surface area contributed by atoms with Crippen molar-refractivity contribution in [2.24, 2.45) is 0 Å². The van der Waals surface area contributed by atoms with Gasteiger partial charge in [-0.3, -0.25) is 0 Å². The van der Waals surface area contributed by atoms with Crippen molar-refractivity contribution >= 4 is 12.2 Å². The Labute approximate surface area is 86.9 Å². The van der Waals surface area contributed by atoms with Crippen molar-refractivity contribution in [2.45, 2.75) is 0 Å². The molecule has 2 aromatic rings. The summed E-state index contributed by atoms with van der Waals surface area (Å²) in [6.07, 6.45) is 1.83. The predicted octanol–water partition coefficient (Wildman–Crippen LogP) is 2.27. The van der Waals surface area contributed by atoms with Crippen molar-refractivity contribution in [3.05, 3.63) is 41.3 Å². The van der Waals surface area contributed by atoms with Crippen molar-refractivity contribution in [1.82, 2.24) is 9.71 Å². The van der Waals surface area contributed by atoms with Gasteiger partial charge in [-0.25, -0.2) is 0 Å². The zero-order valence-corrected chi connectivity index (χ0v) is 8.54. The molecule has 0 saturated carbocycles. The highest BCUT2D eigenvalue weighted by atomic mass is 32.1. The Balaban J connectivity index is 2.48. The highest BCUT2D eigenvalue weighted by Crippen LogP contribution is 2.15. The molecular weight excluding hydrogens is 196 g/mol. The first-order valence-corrected chi connectivity index (χ1v) is 4.63. The molecule has 0 aliphatic carbocycles. The van der Waals surface area contributed by atoms with Crippen molar-refractivity contribution in [3.63, 3.8) is 0 Å². The molecule has 0 saturated heterocycles. The van der Waals surface area contributed by atoms with Crippen LogP contribution in [-0.4, -0.2) is 16.8 Å². The summed E-state index contributed by atoms with van der Waals surface area (Å²) in [6, 6.07) is 9.97. The first-order chi connectivity index (χ1) is 6.81. The molecule has 1 aromatic heterocycles. The number of benzene rings is 1. The molecule has 0 aliphatic rings. The van der Waals surface area contributed by atoms with Gasteiger partial charge in [-0.1, -0.05) is 30.3 Å². The zero-order valence-electron chi connectivity index (χ0n) is 7.73. The molecule has 0 fully saturated rings. The lowest BCUT2D eigenvalue weighted by atomic mass is 10.2. The van der Waals surface area contributed by atoms with Crippen LogP contribution in [-0.2, 0) is 0 Å². The predicted molar refractivity (Wildman–Crippen MR) is 57.6 cm³/mol. The quantitative estimate of drug-likeness (QED) is 0.764. The largest absolute Gasteiger partial charge is 0.415 e. The number of H-pyrrole nitrogens is 1. The smallest absolute Gasteiger partial charge is 0.212 e. The van der Waals surface area contributed by atoms with Gasteiger partial charge in [0.1, 0.15) is 7.11 Å². The summed E-state index contributed by atoms with van der Waals surface area (Å²) in [7, 11) is 1.58. The zero-order chi connectivity index (χ0) is 9.97. The molecule has 3 nitrogen and oxygen atoms in total. The van der Waals surface area contributed by atoms with Gasteiger partial charge < -0.3 is 9.82 Å². The van der Waals surface area contributed by atoms with Gasteiger partial charge in [-0.05, 0) is 17.8 Å². The van der Waals surface area contributed by atoms with Crippen LogP contribution < -0.4 is 4.84 Å². The summed E-state index contributed by atoms with van der Waals surface area (Å²) in [4.78, 5) is 8.09. The molecule has 0 bridgehead atoms. The molecule has 0 amide bonds. The average molecular weight is 206 g/mol.